The quantitative estimate of drug-likeness (QED) is 0.561. The summed E-state index contributed by atoms with van der Waals surface area (Å²) < 4.78 is 6.98. The van der Waals surface area contributed by atoms with Gasteiger partial charge in [-0.05, 0) is 91.6 Å². The van der Waals surface area contributed by atoms with Crippen LogP contribution in [0.15, 0.2) is 0 Å². The Morgan fingerprint density at radius 3 is 1.32 bits per heavy atom. The number of nitrogens with zero attached hydrogens (tertiary/aromatic N) is 2. The zero-order valence-electron chi connectivity index (χ0n) is 17.5. The van der Waals surface area contributed by atoms with Crippen molar-refractivity contribution in [1.82, 2.24) is 9.80 Å². The number of ether oxygens (including phenoxy) is 1. The van der Waals surface area contributed by atoms with Crippen LogP contribution >= 0.6 is 0 Å². The van der Waals surface area contributed by atoms with Crippen molar-refractivity contribution in [1.29, 1.82) is 0 Å². The van der Waals surface area contributed by atoms with Gasteiger partial charge in [0.2, 0.25) is 0 Å². The second-order valence-electron chi connectivity index (χ2n) is 9.19. The maximum atomic E-state index is 6.98. The molecule has 0 heterocycles. The molecular weight excluding hydrogens is 308 g/mol. The summed E-state index contributed by atoms with van der Waals surface area (Å²) in [5, 5.41) is 0. The van der Waals surface area contributed by atoms with Gasteiger partial charge in [-0.3, -0.25) is 0 Å². The molecule has 0 aromatic heterocycles. The minimum atomic E-state index is 0.483. The van der Waals surface area contributed by atoms with Gasteiger partial charge in [-0.1, -0.05) is 38.5 Å². The fourth-order valence-electron chi connectivity index (χ4n) is 4.84. The highest BCUT2D eigenvalue weighted by Crippen LogP contribution is 2.35. The minimum Gasteiger partial charge on any atom is -0.374 e. The molecular formula is C22H44N2O. The first-order valence-corrected chi connectivity index (χ1v) is 11.0. The van der Waals surface area contributed by atoms with Crippen LogP contribution < -0.4 is 0 Å². The molecule has 2 fully saturated rings. The van der Waals surface area contributed by atoms with E-state index >= 15 is 0 Å². The molecule has 0 amide bonds. The Balaban J connectivity index is 1.99. The van der Waals surface area contributed by atoms with Gasteiger partial charge < -0.3 is 14.5 Å². The number of hydrogen-bond donors (Lipinski definition) is 0. The van der Waals surface area contributed by atoms with Crippen molar-refractivity contribution < 1.29 is 4.74 Å². The lowest BCUT2D eigenvalue weighted by Crippen LogP contribution is -2.38. The summed E-state index contributed by atoms with van der Waals surface area (Å²) in [6, 6.07) is 0. The zero-order valence-corrected chi connectivity index (χ0v) is 17.5. The van der Waals surface area contributed by atoms with Crippen molar-refractivity contribution >= 4 is 0 Å². The average Bonchev–Trinajstić information content (AvgIpc) is 2.62. The Hall–Kier alpha value is -0.120. The summed E-state index contributed by atoms with van der Waals surface area (Å²) in [7, 11) is 8.79. The van der Waals surface area contributed by atoms with Crippen LogP contribution in [0.1, 0.15) is 77.0 Å². The third-order valence-corrected chi connectivity index (χ3v) is 6.42. The standard InChI is InChI=1S/C22H44N2O/c1-23(2)17-15-21(19-11-7-5-8-12-19)25-22(16-18-24(3)4)20-13-9-6-10-14-20/h19-22H,5-18H2,1-4H3. The van der Waals surface area contributed by atoms with Crippen LogP contribution in [0.3, 0.4) is 0 Å². The number of rotatable bonds is 10. The summed E-state index contributed by atoms with van der Waals surface area (Å²) >= 11 is 0. The van der Waals surface area contributed by atoms with Crippen molar-refractivity contribution in [2.45, 2.75) is 89.3 Å². The first kappa shape index (κ1) is 21.2. The Kier molecular flexibility index (Phi) is 9.80. The van der Waals surface area contributed by atoms with E-state index in [1.807, 2.05) is 0 Å². The summed E-state index contributed by atoms with van der Waals surface area (Å²) in [5.74, 6) is 1.61. The van der Waals surface area contributed by atoms with Crippen molar-refractivity contribution in [2.24, 2.45) is 11.8 Å². The van der Waals surface area contributed by atoms with Crippen LogP contribution in [0.5, 0.6) is 0 Å². The maximum absolute atomic E-state index is 6.98. The summed E-state index contributed by atoms with van der Waals surface area (Å²) in [5.41, 5.74) is 0. The van der Waals surface area contributed by atoms with E-state index in [9.17, 15) is 0 Å². The molecule has 148 valence electrons. The lowest BCUT2D eigenvalue weighted by Gasteiger charge is -2.38. The van der Waals surface area contributed by atoms with E-state index in [4.69, 9.17) is 4.74 Å². The molecule has 0 aromatic rings. The third kappa shape index (κ3) is 7.97. The second kappa shape index (κ2) is 11.6. The van der Waals surface area contributed by atoms with E-state index in [0.29, 0.717) is 12.2 Å². The van der Waals surface area contributed by atoms with E-state index in [1.165, 1.54) is 77.0 Å². The van der Waals surface area contributed by atoms with E-state index in [2.05, 4.69) is 38.0 Å². The molecule has 0 radical (unpaired) electrons. The van der Waals surface area contributed by atoms with E-state index in [-0.39, 0.29) is 0 Å². The van der Waals surface area contributed by atoms with Crippen LogP contribution in [0.2, 0.25) is 0 Å². The molecule has 25 heavy (non-hydrogen) atoms. The predicted molar refractivity (Wildman–Crippen MR) is 108 cm³/mol. The lowest BCUT2D eigenvalue weighted by molar-refractivity contribution is -0.0903. The largest absolute Gasteiger partial charge is 0.374 e. The Morgan fingerprint density at radius 1 is 0.640 bits per heavy atom. The predicted octanol–water partition coefficient (Wildman–Crippen LogP) is 4.80. The van der Waals surface area contributed by atoms with Gasteiger partial charge in [0.1, 0.15) is 0 Å². The van der Waals surface area contributed by atoms with Crippen LogP contribution in [0, 0.1) is 11.8 Å². The van der Waals surface area contributed by atoms with Crippen molar-refractivity contribution in [3.05, 3.63) is 0 Å². The van der Waals surface area contributed by atoms with Gasteiger partial charge in [0.25, 0.3) is 0 Å². The third-order valence-electron chi connectivity index (χ3n) is 6.42. The van der Waals surface area contributed by atoms with E-state index in [1.54, 1.807) is 0 Å². The molecule has 0 saturated heterocycles. The van der Waals surface area contributed by atoms with Gasteiger partial charge in [-0.15, -0.1) is 0 Å². The Bertz CT molecular complexity index is 301. The fraction of sp³-hybridized carbons (Fsp3) is 1.00. The normalized spacial score (nSPS) is 23.3. The fourth-order valence-corrected chi connectivity index (χ4v) is 4.84. The molecule has 0 spiro atoms. The van der Waals surface area contributed by atoms with Gasteiger partial charge in [-0.2, -0.15) is 0 Å². The molecule has 2 rings (SSSR count). The molecule has 2 aliphatic carbocycles. The molecule has 0 N–H and O–H groups in total. The minimum absolute atomic E-state index is 0.483. The average molecular weight is 353 g/mol. The Morgan fingerprint density at radius 2 is 1.00 bits per heavy atom. The van der Waals surface area contributed by atoms with Gasteiger partial charge in [0.05, 0.1) is 12.2 Å². The monoisotopic (exact) mass is 352 g/mol. The molecule has 3 nitrogen and oxygen atoms in total. The topological polar surface area (TPSA) is 15.7 Å². The smallest absolute Gasteiger partial charge is 0.0619 e. The van der Waals surface area contributed by atoms with Gasteiger partial charge >= 0.3 is 0 Å². The molecule has 0 aromatic carbocycles. The summed E-state index contributed by atoms with van der Waals surface area (Å²) in [6.45, 7) is 2.32. The summed E-state index contributed by atoms with van der Waals surface area (Å²) in [4.78, 5) is 4.66. The first-order valence-electron chi connectivity index (χ1n) is 11.0. The van der Waals surface area contributed by atoms with Crippen molar-refractivity contribution in [2.75, 3.05) is 41.3 Å². The molecule has 2 aliphatic rings. The van der Waals surface area contributed by atoms with E-state index in [0.717, 1.165) is 24.9 Å². The number of hydrogen-bond acceptors (Lipinski definition) is 3. The van der Waals surface area contributed by atoms with Gasteiger partial charge in [0, 0.05) is 0 Å². The van der Waals surface area contributed by atoms with Crippen LogP contribution in [0.25, 0.3) is 0 Å². The highest BCUT2D eigenvalue weighted by Gasteiger charge is 2.31. The first-order chi connectivity index (χ1) is 12.1. The summed E-state index contributed by atoms with van der Waals surface area (Å²) in [6.07, 6.45) is 17.5. The zero-order chi connectivity index (χ0) is 18.1. The molecule has 2 atom stereocenters. The second-order valence-corrected chi connectivity index (χ2v) is 9.19. The SMILES string of the molecule is CN(C)CCC(OC(CCN(C)C)C1CCCCC1)C1CCCCC1. The molecule has 2 unspecified atom stereocenters. The van der Waals surface area contributed by atoms with Gasteiger partial charge in [-0.25, -0.2) is 0 Å². The van der Waals surface area contributed by atoms with Crippen LogP contribution in [-0.4, -0.2) is 63.3 Å². The maximum Gasteiger partial charge on any atom is 0.0619 e. The molecule has 0 aliphatic heterocycles. The van der Waals surface area contributed by atoms with Gasteiger partial charge in [0.15, 0.2) is 0 Å². The molecule has 3 heteroatoms. The van der Waals surface area contributed by atoms with E-state index < -0.39 is 0 Å². The molecule has 2 saturated carbocycles. The highest BCUT2D eigenvalue weighted by molar-refractivity contribution is 4.81. The van der Waals surface area contributed by atoms with Crippen LogP contribution in [-0.2, 0) is 4.74 Å². The van der Waals surface area contributed by atoms with Crippen molar-refractivity contribution in [3.8, 4) is 0 Å². The van der Waals surface area contributed by atoms with Crippen LogP contribution in [0.4, 0.5) is 0 Å². The highest BCUT2D eigenvalue weighted by atomic mass is 16.5. The molecule has 0 bridgehead atoms. The Labute approximate surface area is 157 Å². The van der Waals surface area contributed by atoms with Crippen molar-refractivity contribution in [3.63, 3.8) is 0 Å². The lowest BCUT2D eigenvalue weighted by atomic mass is 9.82.